The Balaban J connectivity index is 1.32. The van der Waals surface area contributed by atoms with Crippen molar-refractivity contribution in [3.63, 3.8) is 0 Å². The summed E-state index contributed by atoms with van der Waals surface area (Å²) in [5, 5.41) is 0. The highest BCUT2D eigenvalue weighted by molar-refractivity contribution is 7.99. The molecular weight excluding hydrogens is 352 g/mol. The Morgan fingerprint density at radius 3 is 2.15 bits per heavy atom. The van der Waals surface area contributed by atoms with Gasteiger partial charge in [-0.3, -0.25) is 0 Å². The van der Waals surface area contributed by atoms with E-state index in [4.69, 9.17) is 4.74 Å². The number of hydrogen-bond donors (Lipinski definition) is 0. The van der Waals surface area contributed by atoms with Crippen LogP contribution in [-0.2, 0) is 10.2 Å². The van der Waals surface area contributed by atoms with Crippen molar-refractivity contribution in [3.8, 4) is 0 Å². The Morgan fingerprint density at radius 2 is 1.48 bits per heavy atom. The first-order valence-corrected chi connectivity index (χ1v) is 12.1. The van der Waals surface area contributed by atoms with Gasteiger partial charge in [-0.05, 0) is 101 Å². The summed E-state index contributed by atoms with van der Waals surface area (Å²) in [6, 6.07) is 9.59. The Hall–Kier alpha value is -0.550. The van der Waals surface area contributed by atoms with E-state index >= 15 is 0 Å². The number of hydrogen-bond acceptors (Lipinski definition) is 4. The molecule has 3 nitrogen and oxygen atoms in total. The van der Waals surface area contributed by atoms with Crippen molar-refractivity contribution in [3.05, 3.63) is 29.8 Å². The largest absolute Gasteiger partial charge is 0.381 e. The molecule has 4 rings (SSSR count). The van der Waals surface area contributed by atoms with E-state index < -0.39 is 0 Å². The van der Waals surface area contributed by atoms with E-state index in [1.54, 1.807) is 5.56 Å². The minimum atomic E-state index is 0.307. The number of nitrogens with zero attached hydrogens (tertiary/aromatic N) is 2. The first kappa shape index (κ1) is 19.8. The molecule has 3 aliphatic rings. The van der Waals surface area contributed by atoms with Gasteiger partial charge in [0, 0.05) is 30.1 Å². The summed E-state index contributed by atoms with van der Waals surface area (Å²) in [6.45, 7) is 9.55. The van der Waals surface area contributed by atoms with Gasteiger partial charge in [0.05, 0.1) is 0 Å². The van der Waals surface area contributed by atoms with Crippen molar-refractivity contribution < 1.29 is 4.74 Å². The molecule has 0 amide bonds. The van der Waals surface area contributed by atoms with E-state index in [2.05, 4.69) is 34.1 Å². The molecule has 3 heterocycles. The first-order valence-electron chi connectivity index (χ1n) is 11.1. The Bertz CT molecular complexity index is 558. The summed E-state index contributed by atoms with van der Waals surface area (Å²) in [5.74, 6) is 1.24. The number of thioether (sulfide) groups is 1. The zero-order valence-corrected chi connectivity index (χ0v) is 17.7. The van der Waals surface area contributed by atoms with Crippen LogP contribution in [0.4, 0.5) is 0 Å². The van der Waals surface area contributed by atoms with Gasteiger partial charge >= 0.3 is 0 Å². The molecule has 1 aromatic rings. The van der Waals surface area contributed by atoms with Crippen molar-refractivity contribution in [1.29, 1.82) is 0 Å². The number of likely N-dealkylation sites (tertiary alicyclic amines) is 2. The van der Waals surface area contributed by atoms with Crippen LogP contribution < -0.4 is 0 Å². The molecule has 0 aliphatic carbocycles. The maximum Gasteiger partial charge on any atom is 0.0475 e. The highest BCUT2D eigenvalue weighted by Gasteiger charge is 2.36. The van der Waals surface area contributed by atoms with Gasteiger partial charge in [-0.1, -0.05) is 12.1 Å². The van der Waals surface area contributed by atoms with Gasteiger partial charge in [-0.15, -0.1) is 11.8 Å². The second kappa shape index (κ2) is 9.78. The number of rotatable bonds is 8. The summed E-state index contributed by atoms with van der Waals surface area (Å²) in [7, 11) is 0. The average molecular weight is 389 g/mol. The molecule has 0 saturated carbocycles. The second-order valence-corrected chi connectivity index (χ2v) is 9.82. The van der Waals surface area contributed by atoms with Crippen LogP contribution in [0.25, 0.3) is 0 Å². The molecule has 0 spiro atoms. The zero-order valence-electron chi connectivity index (χ0n) is 16.8. The summed E-state index contributed by atoms with van der Waals surface area (Å²) in [6.07, 6.45) is 9.21. The summed E-state index contributed by atoms with van der Waals surface area (Å²) in [4.78, 5) is 6.74. The quantitative estimate of drug-likeness (QED) is 0.484. The smallest absolute Gasteiger partial charge is 0.0475 e. The van der Waals surface area contributed by atoms with Gasteiger partial charge in [0.1, 0.15) is 0 Å². The van der Waals surface area contributed by atoms with Gasteiger partial charge in [-0.2, -0.15) is 0 Å². The number of ether oxygens (including phenoxy) is 1. The summed E-state index contributed by atoms with van der Waals surface area (Å²) in [5.41, 5.74) is 1.85. The zero-order chi connectivity index (χ0) is 18.4. The van der Waals surface area contributed by atoms with E-state index in [9.17, 15) is 0 Å². The normalized spacial score (nSPS) is 23.9. The molecule has 0 N–H and O–H groups in total. The van der Waals surface area contributed by atoms with Crippen molar-refractivity contribution >= 4 is 11.8 Å². The molecule has 27 heavy (non-hydrogen) atoms. The third kappa shape index (κ3) is 5.29. The second-order valence-electron chi connectivity index (χ2n) is 8.65. The summed E-state index contributed by atoms with van der Waals surface area (Å²) >= 11 is 2.03. The Kier molecular flexibility index (Phi) is 7.15. The average Bonchev–Trinajstić information content (AvgIpc) is 3.41. The lowest BCUT2D eigenvalue weighted by Gasteiger charge is -2.40. The molecule has 0 aromatic heterocycles. The minimum absolute atomic E-state index is 0.307. The van der Waals surface area contributed by atoms with Crippen LogP contribution in [0.5, 0.6) is 0 Å². The van der Waals surface area contributed by atoms with Crippen LogP contribution in [0, 0.1) is 0 Å². The maximum absolute atomic E-state index is 5.72. The molecule has 0 unspecified atom stereocenters. The van der Waals surface area contributed by atoms with Crippen LogP contribution in [0.1, 0.15) is 50.5 Å². The number of benzene rings is 1. The van der Waals surface area contributed by atoms with Crippen LogP contribution >= 0.6 is 11.8 Å². The van der Waals surface area contributed by atoms with Crippen molar-refractivity contribution in [2.45, 2.75) is 55.3 Å². The summed E-state index contributed by atoms with van der Waals surface area (Å²) < 4.78 is 5.72. The predicted octanol–water partition coefficient (Wildman–Crippen LogP) is 4.41. The van der Waals surface area contributed by atoms with E-state index in [0.717, 1.165) is 13.2 Å². The molecule has 3 saturated heterocycles. The molecule has 3 aliphatic heterocycles. The van der Waals surface area contributed by atoms with E-state index in [-0.39, 0.29) is 0 Å². The lowest BCUT2D eigenvalue weighted by atomic mass is 9.74. The SMILES string of the molecule is c1cc(C2(CN3CCCC3)CCOCC2)ccc1SCCCN1CCCC1. The Labute approximate surface area is 169 Å². The molecule has 0 radical (unpaired) electrons. The molecule has 1 aromatic carbocycles. The van der Waals surface area contributed by atoms with Gasteiger partial charge < -0.3 is 14.5 Å². The van der Waals surface area contributed by atoms with Crippen LogP contribution in [0.15, 0.2) is 29.2 Å². The molecule has 4 heteroatoms. The van der Waals surface area contributed by atoms with Gasteiger partial charge in [0.25, 0.3) is 0 Å². The van der Waals surface area contributed by atoms with Crippen molar-refractivity contribution in [2.24, 2.45) is 0 Å². The fraction of sp³-hybridized carbons (Fsp3) is 0.739. The molecule has 3 fully saturated rings. The fourth-order valence-corrected chi connectivity index (χ4v) is 5.90. The first-order chi connectivity index (χ1) is 13.3. The van der Waals surface area contributed by atoms with E-state index in [1.165, 1.54) is 94.9 Å². The minimum Gasteiger partial charge on any atom is -0.381 e. The fourth-order valence-electron chi connectivity index (χ4n) is 5.06. The lowest BCUT2D eigenvalue weighted by molar-refractivity contribution is 0.0370. The van der Waals surface area contributed by atoms with Gasteiger partial charge in [-0.25, -0.2) is 0 Å². The topological polar surface area (TPSA) is 15.7 Å². The highest BCUT2D eigenvalue weighted by atomic mass is 32.2. The third-order valence-corrected chi connectivity index (χ3v) is 7.83. The monoisotopic (exact) mass is 388 g/mol. The third-order valence-electron chi connectivity index (χ3n) is 6.73. The lowest BCUT2D eigenvalue weighted by Crippen LogP contribution is -2.43. The molecule has 0 bridgehead atoms. The van der Waals surface area contributed by atoms with Gasteiger partial charge in [0.2, 0.25) is 0 Å². The maximum atomic E-state index is 5.72. The molecule has 0 atom stereocenters. The standard InChI is InChI=1S/C23H36N2OS/c1-2-13-24(12-1)16-5-19-27-22-8-6-21(7-9-22)23(10-17-26-18-11-23)20-25-14-3-4-15-25/h6-9H,1-5,10-20H2. The van der Waals surface area contributed by atoms with Crippen LogP contribution in [0.3, 0.4) is 0 Å². The van der Waals surface area contributed by atoms with Gasteiger partial charge in [0.15, 0.2) is 0 Å². The van der Waals surface area contributed by atoms with E-state index in [0.29, 0.717) is 5.41 Å². The van der Waals surface area contributed by atoms with Crippen LogP contribution in [0.2, 0.25) is 0 Å². The van der Waals surface area contributed by atoms with Crippen molar-refractivity contribution in [2.75, 3.05) is 58.2 Å². The highest BCUT2D eigenvalue weighted by Crippen LogP contribution is 2.37. The Morgan fingerprint density at radius 1 is 0.852 bits per heavy atom. The van der Waals surface area contributed by atoms with Crippen molar-refractivity contribution in [1.82, 2.24) is 9.80 Å². The van der Waals surface area contributed by atoms with E-state index in [1.807, 2.05) is 11.8 Å². The molecular formula is C23H36N2OS. The predicted molar refractivity (Wildman–Crippen MR) is 115 cm³/mol. The van der Waals surface area contributed by atoms with Crippen LogP contribution in [-0.4, -0.2) is 68.0 Å². The molecule has 150 valence electrons.